The first-order chi connectivity index (χ1) is 12.6. The van der Waals surface area contributed by atoms with Gasteiger partial charge in [0.2, 0.25) is 0 Å². The van der Waals surface area contributed by atoms with E-state index in [1.807, 2.05) is 23.1 Å². The molecule has 8 heteroatoms. The fraction of sp³-hybridized carbons (Fsp3) is 0.389. The molecule has 0 radical (unpaired) electrons. The molecule has 1 spiro atoms. The molecule has 4 heterocycles. The van der Waals surface area contributed by atoms with E-state index in [2.05, 4.69) is 15.1 Å². The van der Waals surface area contributed by atoms with Crippen LogP contribution in [0.3, 0.4) is 0 Å². The standard InChI is InChI=1S/C18H18ClN5O2/c19-13-3-4-14-15(8-13)26-7-6-24(14)17(25)23-11-18(12-23)9-22(10-18)16-2-1-5-20-21-16/h1-5,8H,6-7,9-12H2. The number of fused-ring (bicyclic) bond motifs is 1. The zero-order valence-electron chi connectivity index (χ0n) is 14.1. The van der Waals surface area contributed by atoms with Crippen LogP contribution in [0.1, 0.15) is 0 Å². The summed E-state index contributed by atoms with van der Waals surface area (Å²) in [5.41, 5.74) is 0.990. The molecule has 1 aromatic heterocycles. The fourth-order valence-electron chi connectivity index (χ4n) is 4.05. The molecular weight excluding hydrogens is 354 g/mol. The maximum absolute atomic E-state index is 12.9. The number of benzene rings is 1. The number of hydrogen-bond acceptors (Lipinski definition) is 5. The first-order valence-corrected chi connectivity index (χ1v) is 9.03. The molecule has 2 fully saturated rings. The Hall–Kier alpha value is -2.54. The highest BCUT2D eigenvalue weighted by Gasteiger charge is 2.54. The zero-order valence-corrected chi connectivity index (χ0v) is 14.9. The molecule has 3 aliphatic heterocycles. The van der Waals surface area contributed by atoms with Crippen LogP contribution >= 0.6 is 11.6 Å². The van der Waals surface area contributed by atoms with Crippen molar-refractivity contribution < 1.29 is 9.53 Å². The van der Waals surface area contributed by atoms with Crippen LogP contribution in [0.25, 0.3) is 0 Å². The van der Waals surface area contributed by atoms with Crippen molar-refractivity contribution in [2.45, 2.75) is 0 Å². The Labute approximate surface area is 156 Å². The van der Waals surface area contributed by atoms with Gasteiger partial charge >= 0.3 is 6.03 Å². The highest BCUT2D eigenvalue weighted by molar-refractivity contribution is 6.30. The van der Waals surface area contributed by atoms with Crippen molar-refractivity contribution in [3.8, 4) is 5.75 Å². The van der Waals surface area contributed by atoms with Gasteiger partial charge < -0.3 is 14.5 Å². The lowest BCUT2D eigenvalue weighted by Gasteiger charge is -2.60. The smallest absolute Gasteiger partial charge is 0.324 e. The minimum atomic E-state index is 0.0421. The summed E-state index contributed by atoms with van der Waals surface area (Å²) in [7, 11) is 0. The third-order valence-electron chi connectivity index (χ3n) is 5.27. The number of carbonyl (C=O) groups is 1. The average molecular weight is 372 g/mol. The molecule has 26 heavy (non-hydrogen) atoms. The van der Waals surface area contributed by atoms with Gasteiger partial charge in [-0.25, -0.2) is 4.79 Å². The Kier molecular flexibility index (Phi) is 3.46. The summed E-state index contributed by atoms with van der Waals surface area (Å²) in [4.78, 5) is 18.9. The molecule has 7 nitrogen and oxygen atoms in total. The van der Waals surface area contributed by atoms with Crippen LogP contribution in [0, 0.1) is 5.41 Å². The van der Waals surface area contributed by atoms with Crippen molar-refractivity contribution in [1.29, 1.82) is 0 Å². The summed E-state index contributed by atoms with van der Waals surface area (Å²) in [5.74, 6) is 1.58. The van der Waals surface area contributed by atoms with E-state index in [-0.39, 0.29) is 11.4 Å². The van der Waals surface area contributed by atoms with E-state index in [0.29, 0.717) is 23.9 Å². The summed E-state index contributed by atoms with van der Waals surface area (Å²) in [6, 6.07) is 9.31. The molecule has 2 saturated heterocycles. The largest absolute Gasteiger partial charge is 0.489 e. The van der Waals surface area contributed by atoms with Crippen LogP contribution < -0.4 is 14.5 Å². The van der Waals surface area contributed by atoms with Gasteiger partial charge in [0.25, 0.3) is 0 Å². The van der Waals surface area contributed by atoms with Gasteiger partial charge in [-0.3, -0.25) is 4.90 Å². The van der Waals surface area contributed by atoms with E-state index in [0.717, 1.165) is 37.7 Å². The average Bonchev–Trinajstić information content (AvgIpc) is 2.59. The van der Waals surface area contributed by atoms with Crippen molar-refractivity contribution >= 4 is 29.1 Å². The molecule has 5 rings (SSSR count). The van der Waals surface area contributed by atoms with Crippen LogP contribution in [0.5, 0.6) is 5.75 Å². The first-order valence-electron chi connectivity index (χ1n) is 8.65. The van der Waals surface area contributed by atoms with Gasteiger partial charge in [0.05, 0.1) is 12.2 Å². The van der Waals surface area contributed by atoms with Crippen LogP contribution in [0.2, 0.25) is 5.02 Å². The van der Waals surface area contributed by atoms with E-state index >= 15 is 0 Å². The second-order valence-electron chi connectivity index (χ2n) is 7.19. The van der Waals surface area contributed by atoms with Gasteiger partial charge in [-0.2, -0.15) is 5.10 Å². The van der Waals surface area contributed by atoms with Crippen molar-refractivity contribution in [3.63, 3.8) is 0 Å². The van der Waals surface area contributed by atoms with Crippen molar-refractivity contribution in [2.75, 3.05) is 49.1 Å². The van der Waals surface area contributed by atoms with Crippen LogP contribution in [0.4, 0.5) is 16.3 Å². The molecule has 1 aromatic carbocycles. The van der Waals surface area contributed by atoms with Gasteiger partial charge in [-0.1, -0.05) is 11.6 Å². The molecule has 0 saturated carbocycles. The van der Waals surface area contributed by atoms with Gasteiger partial charge in [0.15, 0.2) is 5.82 Å². The van der Waals surface area contributed by atoms with E-state index < -0.39 is 0 Å². The quantitative estimate of drug-likeness (QED) is 0.769. The fourth-order valence-corrected chi connectivity index (χ4v) is 4.21. The van der Waals surface area contributed by atoms with Crippen molar-refractivity contribution in [3.05, 3.63) is 41.6 Å². The minimum absolute atomic E-state index is 0.0421. The molecule has 0 unspecified atom stereocenters. The number of aromatic nitrogens is 2. The van der Waals surface area contributed by atoms with Crippen LogP contribution in [0.15, 0.2) is 36.5 Å². The van der Waals surface area contributed by atoms with E-state index in [9.17, 15) is 4.79 Å². The summed E-state index contributed by atoms with van der Waals surface area (Å²) < 4.78 is 5.64. The topological polar surface area (TPSA) is 61.8 Å². The number of anilines is 2. The Bertz CT molecular complexity index is 848. The molecule has 0 bridgehead atoms. The van der Waals surface area contributed by atoms with Crippen LogP contribution in [-0.4, -0.2) is 60.5 Å². The molecule has 3 aliphatic rings. The number of likely N-dealkylation sites (tertiary alicyclic amines) is 1. The molecule has 134 valence electrons. The SMILES string of the molecule is O=C(N1CC2(C1)CN(c1cccnn1)C2)N1CCOc2cc(Cl)ccc21. The lowest BCUT2D eigenvalue weighted by Crippen LogP contribution is -2.74. The Balaban J connectivity index is 1.24. The zero-order chi connectivity index (χ0) is 17.7. The third-order valence-corrected chi connectivity index (χ3v) is 5.51. The van der Waals surface area contributed by atoms with E-state index in [1.54, 1.807) is 23.2 Å². The number of hydrogen-bond donors (Lipinski definition) is 0. The predicted octanol–water partition coefficient (Wildman–Crippen LogP) is 2.27. The second kappa shape index (κ2) is 5.74. The molecule has 0 aliphatic carbocycles. The molecular formula is C18H18ClN5O2. The molecule has 2 amide bonds. The number of amides is 2. The predicted molar refractivity (Wildman–Crippen MR) is 97.9 cm³/mol. The van der Waals surface area contributed by atoms with Gasteiger partial charge in [-0.15, -0.1) is 5.10 Å². The van der Waals surface area contributed by atoms with Crippen molar-refractivity contribution in [1.82, 2.24) is 15.1 Å². The van der Waals surface area contributed by atoms with Gasteiger partial charge in [-0.05, 0) is 24.3 Å². The number of urea groups is 1. The summed E-state index contributed by atoms with van der Waals surface area (Å²) in [6.07, 6.45) is 1.68. The van der Waals surface area contributed by atoms with Gasteiger partial charge in [0.1, 0.15) is 12.4 Å². The second-order valence-corrected chi connectivity index (χ2v) is 7.63. The normalized spacial score (nSPS) is 20.1. The first kappa shape index (κ1) is 15.7. The number of rotatable bonds is 1. The van der Waals surface area contributed by atoms with Gasteiger partial charge in [0, 0.05) is 48.9 Å². The molecule has 2 aromatic rings. The number of ether oxygens (including phenoxy) is 1. The minimum Gasteiger partial charge on any atom is -0.489 e. The van der Waals surface area contributed by atoms with Crippen LogP contribution in [-0.2, 0) is 0 Å². The Morgan fingerprint density at radius 2 is 2.04 bits per heavy atom. The highest BCUT2D eigenvalue weighted by Crippen LogP contribution is 2.42. The summed E-state index contributed by atoms with van der Waals surface area (Å²) in [5, 5.41) is 8.68. The number of carbonyl (C=O) groups excluding carboxylic acids is 1. The Morgan fingerprint density at radius 1 is 1.19 bits per heavy atom. The maximum Gasteiger partial charge on any atom is 0.324 e. The number of halogens is 1. The maximum atomic E-state index is 12.9. The number of nitrogens with zero attached hydrogens (tertiary/aromatic N) is 5. The van der Waals surface area contributed by atoms with E-state index in [1.165, 1.54) is 0 Å². The molecule has 0 N–H and O–H groups in total. The highest BCUT2D eigenvalue weighted by atomic mass is 35.5. The lowest BCUT2D eigenvalue weighted by atomic mass is 9.73. The van der Waals surface area contributed by atoms with Crippen molar-refractivity contribution in [2.24, 2.45) is 5.41 Å². The Morgan fingerprint density at radius 3 is 2.81 bits per heavy atom. The van der Waals surface area contributed by atoms with E-state index in [4.69, 9.17) is 16.3 Å². The lowest BCUT2D eigenvalue weighted by molar-refractivity contribution is 0.00921. The summed E-state index contributed by atoms with van der Waals surface area (Å²) >= 11 is 6.02. The monoisotopic (exact) mass is 371 g/mol. The molecule has 0 atom stereocenters. The summed E-state index contributed by atoms with van der Waals surface area (Å²) in [6.45, 7) is 4.45. The third kappa shape index (κ3) is 2.46.